The van der Waals surface area contributed by atoms with Crippen molar-refractivity contribution < 1.29 is 5.11 Å². The van der Waals surface area contributed by atoms with Crippen molar-refractivity contribution in [3.8, 4) is 0 Å². The predicted molar refractivity (Wildman–Crippen MR) is 102 cm³/mol. The second-order valence-corrected chi connectivity index (χ2v) is 7.97. The first-order valence-electron chi connectivity index (χ1n) is 10.3. The molecule has 1 saturated heterocycles. The molecule has 0 unspecified atom stereocenters. The molecule has 1 saturated carbocycles. The summed E-state index contributed by atoms with van der Waals surface area (Å²) in [7, 11) is 0. The van der Waals surface area contributed by atoms with E-state index in [4.69, 9.17) is 0 Å². The molecule has 1 N–H and O–H groups in total. The molecule has 2 fully saturated rings. The Bertz CT molecular complexity index is 524. The van der Waals surface area contributed by atoms with Gasteiger partial charge in [-0.2, -0.15) is 5.10 Å². The van der Waals surface area contributed by atoms with E-state index in [9.17, 15) is 5.11 Å². The summed E-state index contributed by atoms with van der Waals surface area (Å²) in [5.41, 5.74) is 2.65. The fourth-order valence-electron chi connectivity index (χ4n) is 4.67. The Morgan fingerprint density at radius 2 is 2.00 bits per heavy atom. The highest BCUT2D eigenvalue weighted by atomic mass is 16.3. The van der Waals surface area contributed by atoms with E-state index in [2.05, 4.69) is 33.4 Å². The average molecular weight is 349 g/mol. The zero-order chi connectivity index (χ0) is 17.6. The summed E-state index contributed by atoms with van der Waals surface area (Å²) in [6.45, 7) is 11.1. The predicted octanol–water partition coefficient (Wildman–Crippen LogP) is 2.66. The summed E-state index contributed by atoms with van der Waals surface area (Å²) in [4.78, 5) is 5.23. The van der Waals surface area contributed by atoms with Crippen molar-refractivity contribution in [2.75, 3.05) is 32.8 Å². The minimum Gasteiger partial charge on any atom is -0.396 e. The average Bonchev–Trinajstić information content (AvgIpc) is 2.98. The van der Waals surface area contributed by atoms with Crippen LogP contribution in [-0.2, 0) is 13.1 Å². The van der Waals surface area contributed by atoms with Gasteiger partial charge in [0, 0.05) is 63.2 Å². The van der Waals surface area contributed by atoms with E-state index >= 15 is 0 Å². The van der Waals surface area contributed by atoms with E-state index in [-0.39, 0.29) is 0 Å². The Balaban J connectivity index is 1.57. The maximum Gasteiger partial charge on any atom is 0.0537 e. The standard InChI is InChI=1S/C20H36N4O/c1-3-24-17(2)19(13-21-24)15-22-10-11-23(20(16-22)9-12-25)14-18-7-5-4-6-8-18/h13,18,20,25H,3-12,14-16H2,1-2H3/t20-/m1/s1. The number of hydrogen-bond acceptors (Lipinski definition) is 4. The third-order valence-corrected chi connectivity index (χ3v) is 6.27. The molecule has 1 aromatic heterocycles. The van der Waals surface area contributed by atoms with Crippen molar-refractivity contribution in [1.82, 2.24) is 19.6 Å². The quantitative estimate of drug-likeness (QED) is 0.823. The maximum absolute atomic E-state index is 9.54. The smallest absolute Gasteiger partial charge is 0.0537 e. The third-order valence-electron chi connectivity index (χ3n) is 6.27. The lowest BCUT2D eigenvalue weighted by Gasteiger charge is -2.43. The highest BCUT2D eigenvalue weighted by Gasteiger charge is 2.29. The van der Waals surface area contributed by atoms with Gasteiger partial charge in [-0.05, 0) is 39.0 Å². The number of aliphatic hydroxyl groups is 1. The molecule has 3 rings (SSSR count). The second kappa shape index (κ2) is 9.15. The van der Waals surface area contributed by atoms with Crippen LogP contribution in [0.15, 0.2) is 6.20 Å². The van der Waals surface area contributed by atoms with Gasteiger partial charge in [0.2, 0.25) is 0 Å². The Morgan fingerprint density at radius 3 is 2.68 bits per heavy atom. The van der Waals surface area contributed by atoms with Gasteiger partial charge in [-0.15, -0.1) is 0 Å². The normalized spacial score (nSPS) is 24.0. The van der Waals surface area contributed by atoms with Gasteiger partial charge in [0.15, 0.2) is 0 Å². The van der Waals surface area contributed by atoms with Crippen LogP contribution in [0.2, 0.25) is 0 Å². The molecular weight excluding hydrogens is 312 g/mol. The summed E-state index contributed by atoms with van der Waals surface area (Å²) >= 11 is 0. The molecule has 0 amide bonds. The molecular formula is C20H36N4O. The van der Waals surface area contributed by atoms with Gasteiger partial charge in [-0.1, -0.05) is 19.3 Å². The summed E-state index contributed by atoms with van der Waals surface area (Å²) in [5, 5.41) is 14.0. The van der Waals surface area contributed by atoms with Crippen LogP contribution in [0.5, 0.6) is 0 Å². The maximum atomic E-state index is 9.54. The number of piperazine rings is 1. The number of nitrogens with zero attached hydrogens (tertiary/aromatic N) is 4. The van der Waals surface area contributed by atoms with Crippen LogP contribution in [0.4, 0.5) is 0 Å². The number of aliphatic hydroxyl groups excluding tert-OH is 1. The fourth-order valence-corrected chi connectivity index (χ4v) is 4.67. The molecule has 1 atom stereocenters. The summed E-state index contributed by atoms with van der Waals surface area (Å²) in [6, 6.07) is 0.502. The van der Waals surface area contributed by atoms with Gasteiger partial charge in [0.25, 0.3) is 0 Å². The fraction of sp³-hybridized carbons (Fsp3) is 0.850. The van der Waals surface area contributed by atoms with E-state index in [1.165, 1.54) is 49.9 Å². The van der Waals surface area contributed by atoms with E-state index in [1.807, 2.05) is 6.20 Å². The first-order chi connectivity index (χ1) is 12.2. The van der Waals surface area contributed by atoms with Crippen molar-refractivity contribution >= 4 is 0 Å². The van der Waals surface area contributed by atoms with Crippen molar-refractivity contribution in [2.45, 2.75) is 71.5 Å². The van der Waals surface area contributed by atoms with Crippen LogP contribution in [0, 0.1) is 12.8 Å². The van der Waals surface area contributed by atoms with Gasteiger partial charge < -0.3 is 5.11 Å². The van der Waals surface area contributed by atoms with Crippen molar-refractivity contribution in [3.05, 3.63) is 17.5 Å². The lowest BCUT2D eigenvalue weighted by molar-refractivity contribution is 0.0399. The van der Waals surface area contributed by atoms with Crippen LogP contribution in [0.3, 0.4) is 0 Å². The van der Waals surface area contributed by atoms with Crippen molar-refractivity contribution in [3.63, 3.8) is 0 Å². The van der Waals surface area contributed by atoms with Gasteiger partial charge >= 0.3 is 0 Å². The molecule has 0 spiro atoms. The number of aryl methyl sites for hydroxylation is 1. The summed E-state index contributed by atoms with van der Waals surface area (Å²) < 4.78 is 2.08. The lowest BCUT2D eigenvalue weighted by atomic mass is 9.88. The zero-order valence-electron chi connectivity index (χ0n) is 16.2. The Labute approximate surface area is 153 Å². The monoisotopic (exact) mass is 348 g/mol. The molecule has 142 valence electrons. The second-order valence-electron chi connectivity index (χ2n) is 7.97. The summed E-state index contributed by atoms with van der Waals surface area (Å²) in [5.74, 6) is 0.881. The van der Waals surface area contributed by atoms with Crippen LogP contribution in [-0.4, -0.2) is 63.5 Å². The van der Waals surface area contributed by atoms with E-state index in [0.29, 0.717) is 12.6 Å². The van der Waals surface area contributed by atoms with Gasteiger partial charge in [-0.25, -0.2) is 0 Å². The SMILES string of the molecule is CCn1ncc(CN2CCN(CC3CCCCC3)[C@H](CCO)C2)c1C. The molecule has 1 aromatic rings. The first-order valence-corrected chi connectivity index (χ1v) is 10.3. The van der Waals surface area contributed by atoms with Crippen LogP contribution in [0.25, 0.3) is 0 Å². The number of rotatable bonds is 7. The largest absolute Gasteiger partial charge is 0.396 e. The van der Waals surface area contributed by atoms with Gasteiger partial charge in [-0.3, -0.25) is 14.5 Å². The molecule has 2 heterocycles. The van der Waals surface area contributed by atoms with Crippen LogP contribution >= 0.6 is 0 Å². The molecule has 2 aliphatic rings. The molecule has 0 bridgehead atoms. The summed E-state index contributed by atoms with van der Waals surface area (Å²) in [6.07, 6.45) is 9.99. The Hall–Kier alpha value is -0.910. The molecule has 1 aliphatic heterocycles. The highest BCUT2D eigenvalue weighted by Crippen LogP contribution is 2.26. The van der Waals surface area contributed by atoms with Crippen molar-refractivity contribution in [2.24, 2.45) is 5.92 Å². The van der Waals surface area contributed by atoms with Gasteiger partial charge in [0.05, 0.1) is 6.20 Å². The lowest BCUT2D eigenvalue weighted by Crippen LogP contribution is -2.54. The minimum atomic E-state index is 0.298. The first kappa shape index (κ1) is 18.9. The Morgan fingerprint density at radius 1 is 1.20 bits per heavy atom. The topological polar surface area (TPSA) is 44.5 Å². The van der Waals surface area contributed by atoms with Gasteiger partial charge in [0.1, 0.15) is 0 Å². The zero-order valence-corrected chi connectivity index (χ0v) is 16.2. The molecule has 1 aliphatic carbocycles. The molecule has 5 nitrogen and oxygen atoms in total. The molecule has 0 radical (unpaired) electrons. The van der Waals surface area contributed by atoms with Crippen LogP contribution in [0.1, 0.15) is 56.7 Å². The minimum absolute atomic E-state index is 0.298. The third kappa shape index (κ3) is 4.83. The van der Waals surface area contributed by atoms with E-state index in [1.54, 1.807) is 0 Å². The van der Waals surface area contributed by atoms with Crippen molar-refractivity contribution in [1.29, 1.82) is 0 Å². The number of hydrogen-bond donors (Lipinski definition) is 1. The molecule has 25 heavy (non-hydrogen) atoms. The van der Waals surface area contributed by atoms with E-state index < -0.39 is 0 Å². The highest BCUT2D eigenvalue weighted by molar-refractivity contribution is 5.16. The Kier molecular flexibility index (Phi) is 6.91. The molecule has 5 heteroatoms. The molecule has 0 aromatic carbocycles. The van der Waals surface area contributed by atoms with Crippen LogP contribution < -0.4 is 0 Å². The number of aromatic nitrogens is 2. The van der Waals surface area contributed by atoms with E-state index in [0.717, 1.165) is 45.1 Å².